The molecule has 0 aliphatic rings. The number of aliphatic hydroxyl groups is 1. The lowest BCUT2D eigenvalue weighted by atomic mass is 10.0. The Bertz CT molecular complexity index is 2140. The molecule has 0 saturated carbocycles. The van der Waals surface area contributed by atoms with Gasteiger partial charge in [0.1, 0.15) is 19.3 Å². The average molecular weight is 1430 g/mol. The third kappa shape index (κ3) is 70.9. The average Bonchev–Trinajstić information content (AvgIpc) is 1.05. The first kappa shape index (κ1) is 94.5. The van der Waals surface area contributed by atoms with Crippen LogP contribution in [0, 0.1) is 0 Å². The number of phosphoric acid groups is 2. The highest BCUT2D eigenvalue weighted by molar-refractivity contribution is 7.47. The molecule has 0 saturated heterocycles. The molecular weight excluding hydrogens is 1280 g/mol. The van der Waals surface area contributed by atoms with Gasteiger partial charge < -0.3 is 33.8 Å². The molecule has 17 nitrogen and oxygen atoms in total. The SMILES string of the molecule is CC/C=C\C/C=C\C/C=C\CCCCCCCCCC(=O)OCC(COP(=O)(O)OCC(O)COP(=O)(O)OCC(COC(=O)CCCCCCC/C=C\C/C=C\CCC)OC(=O)CCCCCCCCCCCCCCC)OC(=O)CCCCCCC/C=C\CCCCCCCC. The molecule has 0 fully saturated rings. The number of carbonyl (C=O) groups is 4. The Balaban J connectivity index is 5.33. The lowest BCUT2D eigenvalue weighted by Crippen LogP contribution is -2.30. The Hall–Kier alpha value is -3.50. The molecule has 0 aliphatic heterocycles. The number of allylic oxidation sites excluding steroid dienone is 12. The van der Waals surface area contributed by atoms with Crippen molar-refractivity contribution < 1.29 is 80.2 Å². The van der Waals surface area contributed by atoms with Crippen molar-refractivity contribution in [1.82, 2.24) is 0 Å². The summed E-state index contributed by atoms with van der Waals surface area (Å²) in [4.78, 5) is 72.9. The predicted octanol–water partition coefficient (Wildman–Crippen LogP) is 22.4. The number of esters is 4. The second kappa shape index (κ2) is 71.9. The van der Waals surface area contributed by atoms with Crippen molar-refractivity contribution in [3.05, 3.63) is 72.9 Å². The Morgan fingerprint density at radius 2 is 0.551 bits per heavy atom. The van der Waals surface area contributed by atoms with Crippen molar-refractivity contribution in [2.75, 3.05) is 39.6 Å². The first-order chi connectivity index (χ1) is 47.7. The van der Waals surface area contributed by atoms with Gasteiger partial charge in [-0.15, -0.1) is 0 Å². The molecule has 0 radical (unpaired) electrons. The number of hydrogen-bond donors (Lipinski definition) is 3. The highest BCUT2D eigenvalue weighted by Gasteiger charge is 2.30. The van der Waals surface area contributed by atoms with E-state index in [-0.39, 0.29) is 25.7 Å². The van der Waals surface area contributed by atoms with Crippen molar-refractivity contribution in [3.63, 3.8) is 0 Å². The van der Waals surface area contributed by atoms with Gasteiger partial charge in [0.25, 0.3) is 0 Å². The first-order valence-corrected chi connectivity index (χ1v) is 42.2. The summed E-state index contributed by atoms with van der Waals surface area (Å²) in [6.07, 6.45) is 71.7. The van der Waals surface area contributed by atoms with Crippen LogP contribution in [0.4, 0.5) is 0 Å². The van der Waals surface area contributed by atoms with Gasteiger partial charge in [0.2, 0.25) is 0 Å². The minimum Gasteiger partial charge on any atom is -0.462 e. The molecule has 0 aliphatic carbocycles. The Labute approximate surface area is 596 Å². The first-order valence-electron chi connectivity index (χ1n) is 39.2. The molecule has 0 aromatic carbocycles. The van der Waals surface area contributed by atoms with Crippen molar-refractivity contribution in [2.24, 2.45) is 0 Å². The molecule has 0 rings (SSSR count). The minimum atomic E-state index is -4.97. The van der Waals surface area contributed by atoms with E-state index in [4.69, 9.17) is 37.0 Å². The molecule has 0 amide bonds. The summed E-state index contributed by atoms with van der Waals surface area (Å²) < 4.78 is 68.5. The maximum atomic E-state index is 13.1. The summed E-state index contributed by atoms with van der Waals surface area (Å²) >= 11 is 0. The van der Waals surface area contributed by atoms with E-state index in [1.807, 2.05) is 0 Å². The van der Waals surface area contributed by atoms with E-state index in [2.05, 4.69) is 101 Å². The molecule has 5 atom stereocenters. The highest BCUT2D eigenvalue weighted by Crippen LogP contribution is 2.45. The van der Waals surface area contributed by atoms with Gasteiger partial charge in [-0.05, 0) is 109 Å². The quantitative estimate of drug-likeness (QED) is 0.0169. The third-order valence-electron chi connectivity index (χ3n) is 16.6. The molecule has 0 bridgehead atoms. The van der Waals surface area contributed by atoms with Crippen LogP contribution in [-0.4, -0.2) is 96.7 Å². The minimum absolute atomic E-state index is 0.0855. The lowest BCUT2D eigenvalue weighted by Gasteiger charge is -2.21. The van der Waals surface area contributed by atoms with Crippen LogP contribution < -0.4 is 0 Å². The standard InChI is InChI=1S/C79H142O17P2/c1-5-9-13-17-21-25-29-33-35-36-38-41-44-48-52-56-60-64-77(82)90-70-75(96-79(84)66-62-58-54-50-46-42-37-34-30-26-22-18-14-10-6-2)72-94-98(87,88)92-68-73(80)67-91-97(85,86)93-71-74(95-78(83)65-61-57-53-49-45-40-32-28-24-20-16-12-8-4)69-89-76(81)63-59-55-51-47-43-39-31-27-23-19-15-11-7-3/h9,13,15,19,21,25,27,31,33-35,37,73-75,80H,5-8,10-12,14,16-18,20,22-24,26,28-30,32,36,38-72H2,1-4H3,(H,85,86)(H,87,88)/b13-9-,19-15-,25-21-,31-27-,35-33-,37-34-. The van der Waals surface area contributed by atoms with Gasteiger partial charge in [-0.2, -0.15) is 0 Å². The number of hydrogen-bond acceptors (Lipinski definition) is 15. The monoisotopic (exact) mass is 1420 g/mol. The van der Waals surface area contributed by atoms with E-state index < -0.39 is 97.5 Å². The van der Waals surface area contributed by atoms with E-state index in [0.717, 1.165) is 180 Å². The lowest BCUT2D eigenvalue weighted by molar-refractivity contribution is -0.161. The van der Waals surface area contributed by atoms with Crippen LogP contribution in [0.15, 0.2) is 72.9 Å². The number of rotatable bonds is 74. The van der Waals surface area contributed by atoms with Crippen molar-refractivity contribution in [3.8, 4) is 0 Å². The fourth-order valence-corrected chi connectivity index (χ4v) is 12.3. The zero-order valence-electron chi connectivity index (χ0n) is 62.2. The van der Waals surface area contributed by atoms with Crippen LogP contribution in [0.5, 0.6) is 0 Å². The summed E-state index contributed by atoms with van der Waals surface area (Å²) in [5.74, 6) is -2.18. The van der Waals surface area contributed by atoms with Crippen molar-refractivity contribution in [2.45, 2.75) is 367 Å². The van der Waals surface area contributed by atoms with Crippen molar-refractivity contribution in [1.29, 1.82) is 0 Å². The maximum absolute atomic E-state index is 13.1. The molecule has 570 valence electrons. The van der Waals surface area contributed by atoms with E-state index >= 15 is 0 Å². The van der Waals surface area contributed by atoms with Gasteiger partial charge in [-0.3, -0.25) is 37.3 Å². The zero-order valence-corrected chi connectivity index (χ0v) is 64.0. The number of unbranched alkanes of at least 4 members (excludes halogenated alkanes) is 36. The van der Waals surface area contributed by atoms with Gasteiger partial charge in [0.15, 0.2) is 12.2 Å². The van der Waals surface area contributed by atoms with E-state index in [1.165, 1.54) is 89.9 Å². The topological polar surface area (TPSA) is 237 Å². The molecule has 0 spiro atoms. The van der Waals surface area contributed by atoms with Crippen LogP contribution in [0.1, 0.15) is 349 Å². The number of ether oxygens (including phenoxy) is 4. The van der Waals surface area contributed by atoms with Gasteiger partial charge in [0.05, 0.1) is 26.4 Å². The molecule has 0 aromatic rings. The number of carbonyl (C=O) groups excluding carboxylic acids is 4. The second-order valence-corrected chi connectivity index (χ2v) is 29.2. The second-order valence-electron chi connectivity index (χ2n) is 26.3. The Kier molecular flexibility index (Phi) is 69.3. The van der Waals surface area contributed by atoms with E-state index in [0.29, 0.717) is 25.7 Å². The summed E-state index contributed by atoms with van der Waals surface area (Å²) in [7, 11) is -9.94. The maximum Gasteiger partial charge on any atom is 0.472 e. The zero-order chi connectivity index (χ0) is 71.8. The molecule has 5 unspecified atom stereocenters. The van der Waals surface area contributed by atoms with Gasteiger partial charge in [-0.1, -0.05) is 287 Å². The third-order valence-corrected chi connectivity index (χ3v) is 18.5. The number of phosphoric ester groups is 2. The summed E-state index contributed by atoms with van der Waals surface area (Å²) in [6, 6.07) is 0. The highest BCUT2D eigenvalue weighted by atomic mass is 31.2. The number of aliphatic hydroxyl groups excluding tert-OH is 1. The van der Waals surface area contributed by atoms with Crippen molar-refractivity contribution >= 4 is 39.5 Å². The van der Waals surface area contributed by atoms with Crippen LogP contribution >= 0.6 is 15.6 Å². The summed E-state index contributed by atoms with van der Waals surface area (Å²) in [6.45, 7) is 4.71. The molecule has 98 heavy (non-hydrogen) atoms. The fourth-order valence-electron chi connectivity index (χ4n) is 10.7. The van der Waals surface area contributed by atoms with Gasteiger partial charge in [-0.25, -0.2) is 9.13 Å². The van der Waals surface area contributed by atoms with Crippen LogP contribution in [0.2, 0.25) is 0 Å². The molecule has 0 aromatic heterocycles. The van der Waals surface area contributed by atoms with Gasteiger partial charge in [0, 0.05) is 25.7 Å². The smallest absolute Gasteiger partial charge is 0.462 e. The fraction of sp³-hybridized carbons (Fsp3) is 0.797. The largest absolute Gasteiger partial charge is 0.472 e. The van der Waals surface area contributed by atoms with Crippen LogP contribution in [-0.2, 0) is 65.4 Å². The molecule has 19 heteroatoms. The normalized spacial score (nSPS) is 14.3. The molecular formula is C79H142O17P2. The van der Waals surface area contributed by atoms with Gasteiger partial charge >= 0.3 is 39.5 Å². The van der Waals surface area contributed by atoms with E-state index in [9.17, 15) is 43.2 Å². The molecule has 3 N–H and O–H groups in total. The van der Waals surface area contributed by atoms with Crippen LogP contribution in [0.25, 0.3) is 0 Å². The Morgan fingerprint density at radius 1 is 0.296 bits per heavy atom. The summed E-state index contributed by atoms with van der Waals surface area (Å²) in [5.41, 5.74) is 0. The Morgan fingerprint density at radius 3 is 0.867 bits per heavy atom. The van der Waals surface area contributed by atoms with Crippen LogP contribution in [0.3, 0.4) is 0 Å². The predicted molar refractivity (Wildman–Crippen MR) is 400 cm³/mol. The van der Waals surface area contributed by atoms with E-state index in [1.54, 1.807) is 0 Å². The molecule has 0 heterocycles. The summed E-state index contributed by atoms with van der Waals surface area (Å²) in [5, 5.41) is 10.6.